The molecule has 3 heterocycles. The van der Waals surface area contributed by atoms with Crippen molar-refractivity contribution < 1.29 is 33.7 Å². The summed E-state index contributed by atoms with van der Waals surface area (Å²) in [6.07, 6.45) is 4.31. The van der Waals surface area contributed by atoms with Gasteiger partial charge >= 0.3 is 0 Å². The summed E-state index contributed by atoms with van der Waals surface area (Å²) in [6, 6.07) is 8.33. The Hall–Kier alpha value is -1.39. The van der Waals surface area contributed by atoms with Gasteiger partial charge in [0.1, 0.15) is 4.21 Å². The van der Waals surface area contributed by atoms with Crippen molar-refractivity contribution in [3.8, 4) is 0 Å². The summed E-state index contributed by atoms with van der Waals surface area (Å²) in [5, 5.41) is 1.98. The molecule has 0 atom stereocenters. The molecular weight excluding hydrogens is 737 g/mol. The number of aromatic nitrogens is 1. The Bertz CT molecular complexity index is 1580. The molecule has 1 aliphatic heterocycles. The Balaban J connectivity index is -0.000000276. The first-order chi connectivity index (χ1) is 21.1. The average molecular weight is 807 g/mol. The van der Waals surface area contributed by atoms with Gasteiger partial charge in [0.15, 0.2) is 34.5 Å². The van der Waals surface area contributed by atoms with E-state index in [1.807, 2.05) is 55.4 Å². The largest absolute Gasteiger partial charge is 0.245 e. The van der Waals surface area contributed by atoms with E-state index in [4.69, 9.17) is 0 Å². The van der Waals surface area contributed by atoms with Crippen LogP contribution in [0.4, 0.5) is 0 Å². The van der Waals surface area contributed by atoms with Gasteiger partial charge in [-0.3, -0.25) is 0 Å². The van der Waals surface area contributed by atoms with Gasteiger partial charge in [-0.1, -0.05) is 97.2 Å². The van der Waals surface area contributed by atoms with Crippen LogP contribution in [0.1, 0.15) is 104 Å². The first-order valence-electron chi connectivity index (χ1n) is 15.7. The normalized spacial score (nSPS) is 14.5. The van der Waals surface area contributed by atoms with E-state index in [1.54, 1.807) is 34.0 Å². The number of nitrogens with zero attached hydrogens (tertiary/aromatic N) is 2. The van der Waals surface area contributed by atoms with Crippen LogP contribution in [0, 0.1) is 23.7 Å². The second-order valence-corrected chi connectivity index (χ2v) is 22.8. The average Bonchev–Trinajstić information content (AvgIpc) is 3.56. The van der Waals surface area contributed by atoms with Crippen molar-refractivity contribution in [3.05, 3.63) is 41.9 Å². The van der Waals surface area contributed by atoms with Gasteiger partial charge in [0.05, 0.1) is 28.3 Å². The van der Waals surface area contributed by atoms with Crippen LogP contribution < -0.4 is 0 Å². The predicted molar refractivity (Wildman–Crippen MR) is 216 cm³/mol. The zero-order chi connectivity index (χ0) is 35.3. The quantitative estimate of drug-likeness (QED) is 0.207. The van der Waals surface area contributed by atoms with E-state index >= 15 is 0 Å². The minimum absolute atomic E-state index is 0. The first-order valence-corrected chi connectivity index (χ1v) is 23.2. The second kappa shape index (κ2) is 24.8. The summed E-state index contributed by atoms with van der Waals surface area (Å²) in [5.74, 6) is 1.91. The molecule has 0 spiro atoms. The minimum atomic E-state index is -3.17. The smallest absolute Gasteiger partial charge is 0.214 e. The lowest BCUT2D eigenvalue weighted by Gasteiger charge is -2.30. The maximum atomic E-state index is 11.6. The fourth-order valence-electron chi connectivity index (χ4n) is 4.14. The van der Waals surface area contributed by atoms with Gasteiger partial charge in [0, 0.05) is 19.3 Å². The van der Waals surface area contributed by atoms with Crippen molar-refractivity contribution in [2.75, 3.05) is 36.1 Å². The number of sulfone groups is 3. The fourth-order valence-corrected chi connectivity index (χ4v) is 12.3. The summed E-state index contributed by atoms with van der Waals surface area (Å²) in [7, 11) is -11.7. The van der Waals surface area contributed by atoms with Crippen molar-refractivity contribution in [3.63, 3.8) is 0 Å². The van der Waals surface area contributed by atoms with E-state index < -0.39 is 39.5 Å². The van der Waals surface area contributed by atoms with Crippen LogP contribution in [0.15, 0.2) is 51.1 Å². The van der Waals surface area contributed by atoms with Crippen LogP contribution in [0.3, 0.4) is 0 Å². The number of hydrogen-bond acceptors (Lipinski definition) is 10. The zero-order valence-corrected chi connectivity index (χ0v) is 32.6. The first kappa shape index (κ1) is 55.4. The predicted octanol–water partition coefficient (Wildman–Crippen LogP) is 8.13. The highest BCUT2D eigenvalue weighted by Gasteiger charge is 2.35. The second-order valence-electron chi connectivity index (χ2n) is 13.3. The molecule has 0 aromatic carbocycles. The number of pyridine rings is 1. The Kier molecular flexibility index (Phi) is 27.4. The lowest BCUT2D eigenvalue weighted by molar-refractivity contribution is 0.307. The standard InChI is InChI=1S/C9H13NO2S.C8H12O2S2.C7H15NO2S.C7H14O2S.4CH4/c1-8(2)7-13(11,12)9-5-3-4-6-10-9;1-7(2)6-12(9,10)8-4-3-5-11-8;1-7(2)6-11(9,10)8-4-3-5-8;1-6(2)5-10(8,9)7-3-4-7;;;;/h3-6,8H,7H2,1-2H3;3-5,7H,6H2,1-2H3;7H,3-6H2,1-2H3;6-7H,3-5H2,1-2H3;4*1H4. The van der Waals surface area contributed by atoms with Crippen molar-refractivity contribution in [1.82, 2.24) is 9.29 Å². The zero-order valence-electron chi connectivity index (χ0n) is 28.5. The number of rotatable bonds is 12. The van der Waals surface area contributed by atoms with Crippen molar-refractivity contribution >= 4 is 50.9 Å². The monoisotopic (exact) mass is 806 g/mol. The molecule has 2 fully saturated rings. The van der Waals surface area contributed by atoms with Gasteiger partial charge in [-0.05, 0) is 66.5 Å². The van der Waals surface area contributed by atoms with E-state index in [0.29, 0.717) is 15.7 Å². The van der Waals surface area contributed by atoms with E-state index in [0.717, 1.165) is 32.4 Å². The molecule has 50 heavy (non-hydrogen) atoms. The van der Waals surface area contributed by atoms with Gasteiger partial charge in [0.2, 0.25) is 10.0 Å². The van der Waals surface area contributed by atoms with E-state index in [1.165, 1.54) is 23.6 Å². The Labute approximate surface area is 312 Å². The van der Waals surface area contributed by atoms with E-state index in [2.05, 4.69) is 4.98 Å². The highest BCUT2D eigenvalue weighted by molar-refractivity contribution is 7.93. The molecule has 0 amide bonds. The van der Waals surface area contributed by atoms with E-state index in [9.17, 15) is 33.7 Å². The van der Waals surface area contributed by atoms with Crippen LogP contribution >= 0.6 is 11.3 Å². The van der Waals surface area contributed by atoms with Crippen LogP contribution in [0.2, 0.25) is 0 Å². The summed E-state index contributed by atoms with van der Waals surface area (Å²) < 4.78 is 93.3. The van der Waals surface area contributed by atoms with Gasteiger partial charge in [0.25, 0.3) is 0 Å². The highest BCUT2D eigenvalue weighted by atomic mass is 32.2. The van der Waals surface area contributed by atoms with Gasteiger partial charge in [-0.25, -0.2) is 43.0 Å². The van der Waals surface area contributed by atoms with Crippen LogP contribution in [-0.2, 0) is 39.5 Å². The lowest BCUT2D eigenvalue weighted by atomic mass is 10.3. The summed E-state index contributed by atoms with van der Waals surface area (Å²) in [6.45, 7) is 16.8. The molecule has 4 rings (SSSR count). The van der Waals surface area contributed by atoms with Crippen LogP contribution in [0.5, 0.6) is 0 Å². The third kappa shape index (κ3) is 21.9. The Morgan fingerprint density at radius 3 is 1.48 bits per heavy atom. The summed E-state index contributed by atoms with van der Waals surface area (Å²) >= 11 is 1.28. The maximum Gasteiger partial charge on any atom is 0.214 e. The number of thiophene rings is 1. The summed E-state index contributed by atoms with van der Waals surface area (Å²) in [4.78, 5) is 3.82. The van der Waals surface area contributed by atoms with Crippen molar-refractivity contribution in [1.29, 1.82) is 0 Å². The third-order valence-corrected chi connectivity index (χ3v) is 16.6. The number of sulfonamides is 1. The van der Waals surface area contributed by atoms with Crippen molar-refractivity contribution in [2.24, 2.45) is 23.7 Å². The van der Waals surface area contributed by atoms with Crippen LogP contribution in [0.25, 0.3) is 0 Å². The van der Waals surface area contributed by atoms with E-state index in [-0.39, 0.29) is 75.2 Å². The molecule has 298 valence electrons. The third-order valence-electron chi connectivity index (χ3n) is 6.21. The highest BCUT2D eigenvalue weighted by Crippen LogP contribution is 2.29. The van der Waals surface area contributed by atoms with Crippen molar-refractivity contribution in [2.45, 2.75) is 119 Å². The summed E-state index contributed by atoms with van der Waals surface area (Å²) in [5.41, 5.74) is 0. The lowest BCUT2D eigenvalue weighted by Crippen LogP contribution is -2.43. The number of hydrogen-bond donors (Lipinski definition) is 0. The molecule has 15 heteroatoms. The molecule has 0 N–H and O–H groups in total. The topological polar surface area (TPSA) is 153 Å². The van der Waals surface area contributed by atoms with Gasteiger partial charge in [-0.2, -0.15) is 0 Å². The minimum Gasteiger partial charge on any atom is -0.245 e. The molecule has 10 nitrogen and oxygen atoms in total. The molecule has 0 bridgehead atoms. The van der Waals surface area contributed by atoms with Gasteiger partial charge < -0.3 is 0 Å². The Morgan fingerprint density at radius 2 is 1.14 bits per heavy atom. The Morgan fingerprint density at radius 1 is 0.660 bits per heavy atom. The molecule has 1 saturated carbocycles. The molecular formula is C35H70N2O8S5. The molecule has 1 aliphatic carbocycles. The van der Waals surface area contributed by atoms with Crippen LogP contribution in [-0.4, -0.2) is 84.3 Å². The molecule has 0 radical (unpaired) electrons. The maximum absolute atomic E-state index is 11.6. The molecule has 2 aliphatic rings. The van der Waals surface area contributed by atoms with Gasteiger partial charge in [-0.15, -0.1) is 11.3 Å². The molecule has 2 aromatic heterocycles. The fraction of sp³-hybridized carbons (Fsp3) is 0.743. The SMILES string of the molecule is C.C.C.C.CC(C)CS(=O)(=O)C1CC1.CC(C)CS(=O)(=O)N1CCC1.CC(C)CS(=O)(=O)c1ccccn1.CC(C)CS(=O)(=O)c1cccs1. The molecule has 0 unspecified atom stereocenters. The molecule has 1 saturated heterocycles. The molecule has 2 aromatic rings.